The molecule has 1 heterocycles. The maximum Gasteiger partial charge on any atom is 0.321 e. The highest BCUT2D eigenvalue weighted by Crippen LogP contribution is 2.17. The third-order valence-electron chi connectivity index (χ3n) is 4.73. The molecule has 1 fully saturated rings. The molecule has 0 saturated heterocycles. The van der Waals surface area contributed by atoms with E-state index in [4.69, 9.17) is 9.47 Å². The van der Waals surface area contributed by atoms with Gasteiger partial charge >= 0.3 is 6.03 Å². The van der Waals surface area contributed by atoms with Crippen LogP contribution in [0.4, 0.5) is 10.5 Å². The molecule has 10 nitrogen and oxygen atoms in total. The minimum atomic E-state index is -0.804. The Kier molecular flexibility index (Phi) is 10.0. The number of nitrogens with one attached hydrogen (secondary N) is 2. The summed E-state index contributed by atoms with van der Waals surface area (Å²) < 4.78 is 12.2. The molecule has 0 radical (unpaired) electrons. The van der Waals surface area contributed by atoms with Gasteiger partial charge in [-0.3, -0.25) is 9.48 Å². The Hall–Kier alpha value is -2.17. The zero-order valence-electron chi connectivity index (χ0n) is 18.2. The molecule has 1 aliphatic rings. The Morgan fingerprint density at radius 2 is 2.07 bits per heavy atom. The van der Waals surface area contributed by atoms with Crippen LogP contribution in [-0.4, -0.2) is 83.4 Å². The van der Waals surface area contributed by atoms with E-state index in [1.54, 1.807) is 13.2 Å². The number of rotatable bonds is 12. The highest BCUT2D eigenvalue weighted by Gasteiger charge is 2.18. The largest absolute Gasteiger partial charge is 0.389 e. The summed E-state index contributed by atoms with van der Waals surface area (Å²) >= 11 is 0. The summed E-state index contributed by atoms with van der Waals surface area (Å²) in [6, 6.07) is -0.119. The molecule has 1 aromatic rings. The SMILES string of the molecule is CC(C)OCCOC[C@@H](O)CN(C)C(=O)Nc1cnn(CC(=O)NC2CCCC2)c1. The fourth-order valence-electron chi connectivity index (χ4n) is 3.24. The smallest absolute Gasteiger partial charge is 0.321 e. The van der Waals surface area contributed by atoms with E-state index in [0.29, 0.717) is 18.9 Å². The summed E-state index contributed by atoms with van der Waals surface area (Å²) in [6.45, 7) is 5.08. The van der Waals surface area contributed by atoms with Gasteiger partial charge in [-0.15, -0.1) is 0 Å². The maximum atomic E-state index is 12.3. The second kappa shape index (κ2) is 12.5. The number of carbonyl (C=O) groups excluding carboxylic acids is 2. The molecule has 3 N–H and O–H groups in total. The predicted molar refractivity (Wildman–Crippen MR) is 112 cm³/mol. The van der Waals surface area contributed by atoms with Crippen molar-refractivity contribution in [3.63, 3.8) is 0 Å². The summed E-state index contributed by atoms with van der Waals surface area (Å²) in [5, 5.41) is 19.8. The summed E-state index contributed by atoms with van der Waals surface area (Å²) in [5.74, 6) is -0.0816. The molecule has 0 unspecified atom stereocenters. The average Bonchev–Trinajstić information content (AvgIpc) is 3.33. The van der Waals surface area contributed by atoms with Crippen molar-refractivity contribution in [1.29, 1.82) is 0 Å². The molecular weight excluding hydrogens is 390 g/mol. The van der Waals surface area contributed by atoms with Crippen LogP contribution in [-0.2, 0) is 20.8 Å². The van der Waals surface area contributed by atoms with Crippen LogP contribution in [0.15, 0.2) is 12.4 Å². The van der Waals surface area contributed by atoms with Crippen molar-refractivity contribution in [3.05, 3.63) is 12.4 Å². The van der Waals surface area contributed by atoms with Crippen LogP contribution in [0.5, 0.6) is 0 Å². The van der Waals surface area contributed by atoms with E-state index in [0.717, 1.165) is 25.7 Å². The van der Waals surface area contributed by atoms with Crippen LogP contribution in [0.2, 0.25) is 0 Å². The van der Waals surface area contributed by atoms with E-state index in [1.807, 2.05) is 13.8 Å². The highest BCUT2D eigenvalue weighted by molar-refractivity contribution is 5.88. The molecule has 170 valence electrons. The maximum absolute atomic E-state index is 12.3. The molecule has 2 rings (SSSR count). The molecule has 0 aromatic carbocycles. The van der Waals surface area contributed by atoms with Crippen LogP contribution in [0.1, 0.15) is 39.5 Å². The highest BCUT2D eigenvalue weighted by atomic mass is 16.5. The third-order valence-corrected chi connectivity index (χ3v) is 4.73. The minimum Gasteiger partial charge on any atom is -0.389 e. The van der Waals surface area contributed by atoms with Crippen LogP contribution in [0.25, 0.3) is 0 Å². The van der Waals surface area contributed by atoms with Gasteiger partial charge < -0.3 is 30.1 Å². The number of hydrogen-bond donors (Lipinski definition) is 3. The number of ether oxygens (including phenoxy) is 2. The van der Waals surface area contributed by atoms with Crippen molar-refractivity contribution in [2.75, 3.05) is 38.7 Å². The minimum absolute atomic E-state index is 0.0816. The summed E-state index contributed by atoms with van der Waals surface area (Å²) in [5.41, 5.74) is 0.483. The van der Waals surface area contributed by atoms with Crippen LogP contribution >= 0.6 is 0 Å². The number of hydrogen-bond acceptors (Lipinski definition) is 6. The number of aliphatic hydroxyl groups is 1. The summed E-state index contributed by atoms with van der Waals surface area (Å²) in [7, 11) is 1.58. The summed E-state index contributed by atoms with van der Waals surface area (Å²) in [6.07, 6.45) is 6.80. The van der Waals surface area contributed by atoms with E-state index in [2.05, 4.69) is 15.7 Å². The lowest BCUT2D eigenvalue weighted by molar-refractivity contribution is -0.122. The van der Waals surface area contributed by atoms with Gasteiger partial charge in [0.25, 0.3) is 0 Å². The Labute approximate surface area is 177 Å². The Morgan fingerprint density at radius 3 is 2.77 bits per heavy atom. The van der Waals surface area contributed by atoms with Crippen molar-refractivity contribution < 1.29 is 24.2 Å². The van der Waals surface area contributed by atoms with Crippen LogP contribution in [0, 0.1) is 0 Å². The summed E-state index contributed by atoms with van der Waals surface area (Å²) in [4.78, 5) is 25.7. The van der Waals surface area contributed by atoms with E-state index in [-0.39, 0.29) is 43.8 Å². The van der Waals surface area contributed by atoms with Gasteiger partial charge in [0.15, 0.2) is 0 Å². The fourth-order valence-corrected chi connectivity index (χ4v) is 3.24. The first kappa shape index (κ1) is 24.1. The number of nitrogens with zero attached hydrogens (tertiary/aromatic N) is 3. The molecule has 1 atom stereocenters. The Balaban J connectivity index is 1.66. The van der Waals surface area contributed by atoms with Crippen molar-refractivity contribution in [1.82, 2.24) is 20.0 Å². The number of urea groups is 1. The molecular formula is C20H35N5O5. The topological polar surface area (TPSA) is 118 Å². The number of carbonyl (C=O) groups is 2. The Morgan fingerprint density at radius 1 is 1.33 bits per heavy atom. The van der Waals surface area contributed by atoms with E-state index in [1.165, 1.54) is 15.8 Å². The van der Waals surface area contributed by atoms with E-state index in [9.17, 15) is 14.7 Å². The average molecular weight is 426 g/mol. The lowest BCUT2D eigenvalue weighted by Gasteiger charge is -2.21. The van der Waals surface area contributed by atoms with Crippen LogP contribution in [0.3, 0.4) is 0 Å². The molecule has 3 amide bonds. The monoisotopic (exact) mass is 425 g/mol. The van der Waals surface area contributed by atoms with Gasteiger partial charge in [0.2, 0.25) is 5.91 Å². The Bertz CT molecular complexity index is 660. The standard InChI is InChI=1S/C20H35N5O5/c1-15(2)30-9-8-29-14-18(26)12-24(3)20(28)23-17-10-21-25(11-17)13-19(27)22-16-6-4-5-7-16/h10-11,15-16,18,26H,4-9,12-14H2,1-3H3,(H,22,27)(H,23,28)/t18-/m0/s1. The number of aliphatic hydroxyl groups excluding tert-OH is 1. The molecule has 1 aromatic heterocycles. The zero-order valence-corrected chi connectivity index (χ0v) is 18.2. The van der Waals surface area contributed by atoms with Crippen molar-refractivity contribution in [2.45, 2.75) is 64.3 Å². The number of aromatic nitrogens is 2. The molecule has 0 bridgehead atoms. The molecule has 0 spiro atoms. The zero-order chi connectivity index (χ0) is 21.9. The van der Waals surface area contributed by atoms with Gasteiger partial charge in [-0.2, -0.15) is 5.10 Å². The van der Waals surface area contributed by atoms with Gasteiger partial charge in [-0.05, 0) is 26.7 Å². The van der Waals surface area contributed by atoms with E-state index >= 15 is 0 Å². The fraction of sp³-hybridized carbons (Fsp3) is 0.750. The molecule has 0 aliphatic heterocycles. The van der Waals surface area contributed by atoms with Gasteiger partial charge in [0, 0.05) is 19.3 Å². The second-order valence-corrected chi connectivity index (χ2v) is 7.93. The van der Waals surface area contributed by atoms with Crippen molar-refractivity contribution >= 4 is 17.6 Å². The molecule has 1 aliphatic carbocycles. The van der Waals surface area contributed by atoms with E-state index < -0.39 is 6.10 Å². The first-order chi connectivity index (χ1) is 14.3. The molecule has 10 heteroatoms. The first-order valence-corrected chi connectivity index (χ1v) is 10.5. The second-order valence-electron chi connectivity index (χ2n) is 7.93. The van der Waals surface area contributed by atoms with Gasteiger partial charge in [-0.1, -0.05) is 12.8 Å². The van der Waals surface area contributed by atoms with Crippen molar-refractivity contribution in [2.24, 2.45) is 0 Å². The lowest BCUT2D eigenvalue weighted by atomic mass is 10.2. The van der Waals surface area contributed by atoms with Crippen molar-refractivity contribution in [3.8, 4) is 0 Å². The number of anilines is 1. The molecule has 30 heavy (non-hydrogen) atoms. The number of amides is 3. The normalized spacial score (nSPS) is 15.4. The quantitative estimate of drug-likeness (QED) is 0.433. The van der Waals surface area contributed by atoms with Gasteiger partial charge in [0.1, 0.15) is 6.54 Å². The van der Waals surface area contributed by atoms with Gasteiger partial charge in [0.05, 0.1) is 50.5 Å². The number of likely N-dealkylation sites (N-methyl/N-ethyl adjacent to an activating group) is 1. The third kappa shape index (κ3) is 9.10. The molecule has 1 saturated carbocycles. The van der Waals surface area contributed by atoms with Crippen LogP contribution < -0.4 is 10.6 Å². The first-order valence-electron chi connectivity index (χ1n) is 10.5. The lowest BCUT2D eigenvalue weighted by Crippen LogP contribution is -2.39. The predicted octanol–water partition coefficient (Wildman–Crippen LogP) is 1.21. The van der Waals surface area contributed by atoms with Gasteiger partial charge in [-0.25, -0.2) is 4.79 Å².